The number of fused-ring (bicyclic) bond motifs is 1. The third kappa shape index (κ3) is 1.02. The lowest BCUT2D eigenvalue weighted by Gasteiger charge is -2.02. The second-order valence-corrected chi connectivity index (χ2v) is 3.11. The van der Waals surface area contributed by atoms with Gasteiger partial charge in [-0.05, 0) is 24.1 Å². The zero-order chi connectivity index (χ0) is 7.84. The van der Waals surface area contributed by atoms with Crippen molar-refractivity contribution >= 4 is 23.4 Å². The van der Waals surface area contributed by atoms with E-state index < -0.39 is 0 Å². The van der Waals surface area contributed by atoms with Crippen LogP contribution in [0.15, 0.2) is 18.2 Å². The van der Waals surface area contributed by atoms with Gasteiger partial charge in [0.1, 0.15) is 0 Å². The van der Waals surface area contributed by atoms with E-state index in [9.17, 15) is 0 Å². The van der Waals surface area contributed by atoms with E-state index in [1.807, 2.05) is 12.1 Å². The summed E-state index contributed by atoms with van der Waals surface area (Å²) in [6.07, 6.45) is 5.10. The Morgan fingerprint density at radius 1 is 1.36 bits per heavy atom. The first kappa shape index (κ1) is 6.74. The van der Waals surface area contributed by atoms with Crippen molar-refractivity contribution in [2.24, 2.45) is 0 Å². The van der Waals surface area contributed by atoms with Crippen molar-refractivity contribution in [1.29, 1.82) is 0 Å². The molecule has 0 unspecified atom stereocenters. The van der Waals surface area contributed by atoms with Gasteiger partial charge >= 0.3 is 0 Å². The minimum Gasteiger partial charge on any atom is -0.398 e. The maximum atomic E-state index is 5.82. The molecule has 2 rings (SSSR count). The van der Waals surface area contributed by atoms with Crippen LogP contribution in [0, 0.1) is 0 Å². The van der Waals surface area contributed by atoms with Gasteiger partial charge in [0, 0.05) is 16.3 Å². The second kappa shape index (κ2) is 2.28. The molecule has 0 bridgehead atoms. The zero-order valence-corrected chi connectivity index (χ0v) is 6.73. The molecule has 0 aromatic heterocycles. The molecule has 0 spiro atoms. The van der Waals surface area contributed by atoms with E-state index in [1.54, 1.807) is 6.07 Å². The van der Waals surface area contributed by atoms with Crippen LogP contribution in [0.3, 0.4) is 0 Å². The van der Waals surface area contributed by atoms with Gasteiger partial charge in [0.15, 0.2) is 0 Å². The van der Waals surface area contributed by atoms with Crippen LogP contribution in [-0.2, 0) is 6.42 Å². The topological polar surface area (TPSA) is 26.0 Å². The Morgan fingerprint density at radius 2 is 2.18 bits per heavy atom. The van der Waals surface area contributed by atoms with Gasteiger partial charge < -0.3 is 5.73 Å². The molecule has 2 heteroatoms. The third-order valence-electron chi connectivity index (χ3n) is 1.88. The molecule has 0 saturated carbocycles. The van der Waals surface area contributed by atoms with Gasteiger partial charge in [-0.25, -0.2) is 0 Å². The molecule has 1 aromatic rings. The van der Waals surface area contributed by atoms with Gasteiger partial charge in [-0.15, -0.1) is 0 Å². The summed E-state index contributed by atoms with van der Waals surface area (Å²) < 4.78 is 0. The number of allylic oxidation sites excluding steroid dienone is 1. The average Bonchev–Trinajstić information content (AvgIpc) is 2.34. The molecule has 0 amide bonds. The first-order valence-electron chi connectivity index (χ1n) is 3.52. The van der Waals surface area contributed by atoms with E-state index in [4.69, 9.17) is 17.3 Å². The van der Waals surface area contributed by atoms with Crippen LogP contribution in [0.4, 0.5) is 5.69 Å². The van der Waals surface area contributed by atoms with Gasteiger partial charge in [0.25, 0.3) is 0 Å². The predicted octanol–water partition coefficient (Wildman–Crippen LogP) is 2.49. The van der Waals surface area contributed by atoms with Crippen molar-refractivity contribution in [3.63, 3.8) is 0 Å². The molecule has 2 N–H and O–H groups in total. The van der Waals surface area contributed by atoms with Crippen molar-refractivity contribution in [1.82, 2.24) is 0 Å². The summed E-state index contributed by atoms with van der Waals surface area (Å²) in [6.45, 7) is 0. The van der Waals surface area contributed by atoms with Crippen LogP contribution in [-0.4, -0.2) is 0 Å². The molecule has 0 heterocycles. The van der Waals surface area contributed by atoms with E-state index >= 15 is 0 Å². The smallest absolute Gasteiger partial charge is 0.0429 e. The Kier molecular flexibility index (Phi) is 1.40. The molecule has 1 nitrogen and oxygen atoms in total. The van der Waals surface area contributed by atoms with E-state index in [1.165, 1.54) is 5.56 Å². The average molecular weight is 166 g/mol. The predicted molar refractivity (Wildman–Crippen MR) is 48.6 cm³/mol. The van der Waals surface area contributed by atoms with Crippen LogP contribution < -0.4 is 5.73 Å². The minimum absolute atomic E-state index is 0.727. The normalized spacial score (nSPS) is 13.5. The summed E-state index contributed by atoms with van der Waals surface area (Å²) in [6, 6.07) is 3.75. The first-order valence-corrected chi connectivity index (χ1v) is 3.89. The number of nitrogen functional groups attached to an aromatic ring is 1. The number of hydrogen-bond donors (Lipinski definition) is 1. The highest BCUT2D eigenvalue weighted by Crippen LogP contribution is 2.28. The van der Waals surface area contributed by atoms with E-state index in [0.29, 0.717) is 0 Å². The summed E-state index contributed by atoms with van der Waals surface area (Å²) >= 11 is 5.82. The van der Waals surface area contributed by atoms with Crippen LogP contribution in [0.2, 0.25) is 5.02 Å². The zero-order valence-electron chi connectivity index (χ0n) is 5.97. The number of halogens is 1. The molecule has 0 saturated heterocycles. The Balaban J connectivity index is 2.67. The van der Waals surface area contributed by atoms with Crippen molar-refractivity contribution in [3.05, 3.63) is 34.4 Å². The maximum Gasteiger partial charge on any atom is 0.0429 e. The molecule has 0 radical (unpaired) electrons. The molecule has 0 atom stereocenters. The second-order valence-electron chi connectivity index (χ2n) is 2.67. The highest BCUT2D eigenvalue weighted by molar-refractivity contribution is 6.31. The Morgan fingerprint density at radius 3 is 3.00 bits per heavy atom. The Hall–Kier alpha value is -0.950. The number of hydrogen-bond acceptors (Lipinski definition) is 1. The number of rotatable bonds is 0. The van der Waals surface area contributed by atoms with E-state index in [-0.39, 0.29) is 0 Å². The Bertz CT molecular complexity index is 329. The van der Waals surface area contributed by atoms with Crippen LogP contribution >= 0.6 is 11.6 Å². The van der Waals surface area contributed by atoms with Gasteiger partial charge in [-0.1, -0.05) is 23.8 Å². The van der Waals surface area contributed by atoms with Gasteiger partial charge in [0.2, 0.25) is 0 Å². The maximum absolute atomic E-state index is 5.82. The number of nitrogens with two attached hydrogens (primary N) is 1. The standard InChI is InChI=1S/C9H8ClN/c10-7-4-6-2-1-3-8(6)9(11)5-7/h1,3-5H,2,11H2. The largest absolute Gasteiger partial charge is 0.398 e. The summed E-state index contributed by atoms with van der Waals surface area (Å²) in [7, 11) is 0. The van der Waals surface area contributed by atoms with Crippen LogP contribution in [0.5, 0.6) is 0 Å². The molecule has 1 aliphatic rings. The Labute approximate surface area is 70.5 Å². The summed E-state index contributed by atoms with van der Waals surface area (Å²) in [5, 5.41) is 0.727. The van der Waals surface area contributed by atoms with Crippen molar-refractivity contribution in [2.45, 2.75) is 6.42 Å². The first-order chi connectivity index (χ1) is 5.27. The van der Waals surface area contributed by atoms with Crippen molar-refractivity contribution in [3.8, 4) is 0 Å². The highest BCUT2D eigenvalue weighted by Gasteiger charge is 2.08. The fraction of sp³-hybridized carbons (Fsp3) is 0.111. The molecule has 0 fully saturated rings. The quantitative estimate of drug-likeness (QED) is 0.588. The molecular formula is C9H8ClN. The van der Waals surface area contributed by atoms with Crippen molar-refractivity contribution in [2.75, 3.05) is 5.73 Å². The molecule has 1 aliphatic carbocycles. The summed E-state index contributed by atoms with van der Waals surface area (Å²) in [5.41, 5.74) is 8.88. The molecule has 1 aromatic carbocycles. The van der Waals surface area contributed by atoms with Gasteiger partial charge in [-0.3, -0.25) is 0 Å². The SMILES string of the molecule is Nc1cc(Cl)cc2c1C=CC2. The molecule has 56 valence electrons. The van der Waals surface area contributed by atoms with E-state index in [2.05, 4.69) is 6.08 Å². The van der Waals surface area contributed by atoms with Gasteiger partial charge in [-0.2, -0.15) is 0 Å². The molecule has 0 aliphatic heterocycles. The highest BCUT2D eigenvalue weighted by atomic mass is 35.5. The summed E-state index contributed by atoms with van der Waals surface area (Å²) in [5.74, 6) is 0. The monoisotopic (exact) mass is 165 g/mol. The van der Waals surface area contributed by atoms with Crippen molar-refractivity contribution < 1.29 is 0 Å². The minimum atomic E-state index is 0.727. The fourth-order valence-corrected chi connectivity index (χ4v) is 1.62. The van der Waals surface area contributed by atoms with E-state index in [0.717, 1.165) is 22.7 Å². The van der Waals surface area contributed by atoms with Crippen LogP contribution in [0.25, 0.3) is 6.08 Å². The lowest BCUT2D eigenvalue weighted by atomic mass is 10.1. The lowest BCUT2D eigenvalue weighted by molar-refractivity contribution is 1.31. The number of anilines is 1. The van der Waals surface area contributed by atoms with Crippen LogP contribution in [0.1, 0.15) is 11.1 Å². The van der Waals surface area contributed by atoms with Gasteiger partial charge in [0.05, 0.1) is 0 Å². The molecular weight excluding hydrogens is 158 g/mol. The summed E-state index contributed by atoms with van der Waals surface area (Å²) in [4.78, 5) is 0. The number of benzene rings is 1. The molecule has 11 heavy (non-hydrogen) atoms. The fourth-order valence-electron chi connectivity index (χ4n) is 1.37. The lowest BCUT2D eigenvalue weighted by Crippen LogP contribution is -1.91. The third-order valence-corrected chi connectivity index (χ3v) is 2.10.